The van der Waals surface area contributed by atoms with Crippen LogP contribution < -0.4 is 25.7 Å². The maximum atomic E-state index is 13.8. The molecule has 2 aliphatic heterocycles. The summed E-state index contributed by atoms with van der Waals surface area (Å²) < 4.78 is 7.54. The molecular weight excluding hydrogens is 484 g/mol. The minimum absolute atomic E-state index is 0.0404. The van der Waals surface area contributed by atoms with Crippen LogP contribution in [0, 0.1) is 5.92 Å². The van der Waals surface area contributed by atoms with E-state index >= 15 is 0 Å². The SMILES string of the molecule is CCOC(=O)C1=C(C)N=c2s/c(=C/C3CNNC3c3ccccc3)c(=O)n2C1c1ccc(Cl)cc1. The molecule has 35 heavy (non-hydrogen) atoms. The quantitative estimate of drug-likeness (QED) is 0.518. The maximum Gasteiger partial charge on any atom is 0.338 e. The first-order chi connectivity index (χ1) is 17.0. The van der Waals surface area contributed by atoms with Crippen LogP contribution in [0.5, 0.6) is 0 Å². The second-order valence-corrected chi connectivity index (χ2v) is 9.90. The number of esters is 1. The van der Waals surface area contributed by atoms with Crippen LogP contribution in [0.25, 0.3) is 6.08 Å². The van der Waals surface area contributed by atoms with Gasteiger partial charge in [0.2, 0.25) is 0 Å². The number of hydrazine groups is 1. The Labute approximate surface area is 211 Å². The zero-order chi connectivity index (χ0) is 24.5. The van der Waals surface area contributed by atoms with Crippen molar-refractivity contribution in [2.24, 2.45) is 10.9 Å². The number of hydrogen-bond acceptors (Lipinski definition) is 7. The Hall–Kier alpha value is -3.04. The number of rotatable bonds is 5. The first-order valence-corrected chi connectivity index (χ1v) is 12.7. The molecule has 0 bridgehead atoms. The zero-order valence-electron chi connectivity index (χ0n) is 19.3. The number of benzene rings is 2. The molecule has 0 spiro atoms. The molecule has 1 aromatic heterocycles. The lowest BCUT2D eigenvalue weighted by molar-refractivity contribution is -0.139. The van der Waals surface area contributed by atoms with Gasteiger partial charge in [0, 0.05) is 17.5 Å². The molecule has 3 unspecified atom stereocenters. The second-order valence-electron chi connectivity index (χ2n) is 8.45. The van der Waals surface area contributed by atoms with Crippen LogP contribution in [0.3, 0.4) is 0 Å². The number of halogens is 1. The Morgan fingerprint density at radius 3 is 2.66 bits per heavy atom. The third-order valence-corrected chi connectivity index (χ3v) is 7.50. The molecule has 0 radical (unpaired) electrons. The van der Waals surface area contributed by atoms with Gasteiger partial charge in [-0.1, -0.05) is 71.5 Å². The molecular formula is C26H25ClN4O3S. The van der Waals surface area contributed by atoms with E-state index in [1.807, 2.05) is 36.4 Å². The number of aromatic nitrogens is 1. The standard InChI is InChI=1S/C26H25ClN4O3S/c1-3-34-25(33)21-15(2)29-26-31(23(21)17-9-11-19(27)12-10-17)24(32)20(35-26)13-18-14-28-30-22(18)16-7-5-4-6-8-16/h4-13,18,22-23,28,30H,3,14H2,1-2H3/b20-13+. The fourth-order valence-electron chi connectivity index (χ4n) is 4.62. The summed E-state index contributed by atoms with van der Waals surface area (Å²) in [6.45, 7) is 4.46. The lowest BCUT2D eigenvalue weighted by Gasteiger charge is -2.24. The number of allylic oxidation sites excluding steroid dienone is 1. The smallest absolute Gasteiger partial charge is 0.338 e. The van der Waals surface area contributed by atoms with Crippen molar-refractivity contribution in [2.45, 2.75) is 25.9 Å². The monoisotopic (exact) mass is 508 g/mol. The molecule has 1 saturated heterocycles. The van der Waals surface area contributed by atoms with E-state index in [2.05, 4.69) is 28.0 Å². The van der Waals surface area contributed by atoms with Crippen molar-refractivity contribution in [1.29, 1.82) is 0 Å². The van der Waals surface area contributed by atoms with Gasteiger partial charge in [-0.3, -0.25) is 14.8 Å². The molecule has 2 aromatic carbocycles. The average molecular weight is 509 g/mol. The summed E-state index contributed by atoms with van der Waals surface area (Å²) in [7, 11) is 0. The highest BCUT2D eigenvalue weighted by molar-refractivity contribution is 7.07. The first-order valence-electron chi connectivity index (χ1n) is 11.5. The van der Waals surface area contributed by atoms with E-state index in [1.54, 1.807) is 30.5 Å². The zero-order valence-corrected chi connectivity index (χ0v) is 20.9. The molecule has 5 rings (SSSR count). The van der Waals surface area contributed by atoms with Crippen molar-refractivity contribution in [2.75, 3.05) is 13.2 Å². The van der Waals surface area contributed by atoms with E-state index in [9.17, 15) is 9.59 Å². The Balaban J connectivity index is 1.64. The van der Waals surface area contributed by atoms with Crippen molar-refractivity contribution in [3.05, 3.63) is 102 Å². The number of thiazole rings is 1. The van der Waals surface area contributed by atoms with Crippen LogP contribution in [0.1, 0.15) is 37.1 Å². The summed E-state index contributed by atoms with van der Waals surface area (Å²) in [5.41, 5.74) is 9.17. The largest absolute Gasteiger partial charge is 0.463 e. The van der Waals surface area contributed by atoms with Crippen molar-refractivity contribution in [3.63, 3.8) is 0 Å². The van der Waals surface area contributed by atoms with Crippen molar-refractivity contribution >= 4 is 35.0 Å². The fourth-order valence-corrected chi connectivity index (χ4v) is 5.84. The topological polar surface area (TPSA) is 84.7 Å². The van der Waals surface area contributed by atoms with E-state index < -0.39 is 12.0 Å². The maximum absolute atomic E-state index is 13.8. The van der Waals surface area contributed by atoms with Crippen molar-refractivity contribution in [3.8, 4) is 0 Å². The molecule has 0 amide bonds. The summed E-state index contributed by atoms with van der Waals surface area (Å²) in [6, 6.07) is 16.7. The summed E-state index contributed by atoms with van der Waals surface area (Å²) in [5.74, 6) is -0.408. The lowest BCUT2D eigenvalue weighted by Crippen LogP contribution is -2.40. The average Bonchev–Trinajstić information content (AvgIpc) is 3.44. The predicted octanol–water partition coefficient (Wildman–Crippen LogP) is 2.87. The highest BCUT2D eigenvalue weighted by atomic mass is 35.5. The molecule has 9 heteroatoms. The third-order valence-electron chi connectivity index (χ3n) is 6.25. The number of ether oxygens (including phenoxy) is 1. The van der Waals surface area contributed by atoms with E-state index in [0.29, 0.717) is 32.2 Å². The molecule has 3 atom stereocenters. The summed E-state index contributed by atoms with van der Waals surface area (Å²) in [5, 5.41) is 0.577. The van der Waals surface area contributed by atoms with Gasteiger partial charge in [0.15, 0.2) is 4.80 Å². The Bertz CT molecular complexity index is 1460. The van der Waals surface area contributed by atoms with Crippen LogP contribution in [0.4, 0.5) is 0 Å². The van der Waals surface area contributed by atoms with Gasteiger partial charge < -0.3 is 4.74 Å². The molecule has 0 saturated carbocycles. The van der Waals surface area contributed by atoms with Gasteiger partial charge in [0.05, 0.1) is 34.5 Å². The first kappa shape index (κ1) is 23.7. The Kier molecular flexibility index (Phi) is 6.71. The summed E-state index contributed by atoms with van der Waals surface area (Å²) >= 11 is 7.46. The molecule has 180 valence electrons. The van der Waals surface area contributed by atoms with E-state index in [-0.39, 0.29) is 24.1 Å². The molecule has 1 fully saturated rings. The predicted molar refractivity (Wildman–Crippen MR) is 137 cm³/mol. The van der Waals surface area contributed by atoms with Crippen LogP contribution in [0.2, 0.25) is 5.02 Å². The van der Waals surface area contributed by atoms with Crippen LogP contribution >= 0.6 is 22.9 Å². The number of nitrogens with zero attached hydrogens (tertiary/aromatic N) is 2. The fraction of sp³-hybridized carbons (Fsp3) is 0.269. The summed E-state index contributed by atoms with van der Waals surface area (Å²) in [4.78, 5) is 31.9. The van der Waals surface area contributed by atoms with Gasteiger partial charge in [0.25, 0.3) is 5.56 Å². The highest BCUT2D eigenvalue weighted by Crippen LogP contribution is 2.31. The number of nitrogens with one attached hydrogen (secondary N) is 2. The Morgan fingerprint density at radius 2 is 1.94 bits per heavy atom. The van der Waals surface area contributed by atoms with Gasteiger partial charge in [-0.25, -0.2) is 15.2 Å². The van der Waals surface area contributed by atoms with Crippen LogP contribution in [-0.2, 0) is 9.53 Å². The van der Waals surface area contributed by atoms with Gasteiger partial charge >= 0.3 is 5.97 Å². The third kappa shape index (κ3) is 4.50. The van der Waals surface area contributed by atoms with Crippen molar-refractivity contribution in [1.82, 2.24) is 15.4 Å². The molecule has 3 aromatic rings. The second kappa shape index (κ2) is 9.91. The summed E-state index contributed by atoms with van der Waals surface area (Å²) in [6.07, 6.45) is 2.01. The lowest BCUT2D eigenvalue weighted by atomic mass is 9.94. The van der Waals surface area contributed by atoms with Gasteiger partial charge in [-0.2, -0.15) is 0 Å². The van der Waals surface area contributed by atoms with Gasteiger partial charge in [-0.05, 0) is 37.1 Å². The number of carbonyl (C=O) groups excluding carboxylic acids is 1. The van der Waals surface area contributed by atoms with Crippen LogP contribution in [-0.4, -0.2) is 23.7 Å². The van der Waals surface area contributed by atoms with Gasteiger partial charge in [-0.15, -0.1) is 0 Å². The van der Waals surface area contributed by atoms with Crippen LogP contribution in [0.15, 0.2) is 75.7 Å². The number of hydrogen-bond donors (Lipinski definition) is 2. The van der Waals surface area contributed by atoms with Crippen molar-refractivity contribution < 1.29 is 9.53 Å². The molecule has 2 aliphatic rings. The minimum Gasteiger partial charge on any atom is -0.463 e. The van der Waals surface area contributed by atoms with E-state index in [0.717, 1.165) is 11.1 Å². The molecule has 0 aliphatic carbocycles. The van der Waals surface area contributed by atoms with E-state index in [1.165, 1.54) is 11.3 Å². The van der Waals surface area contributed by atoms with E-state index in [4.69, 9.17) is 16.3 Å². The van der Waals surface area contributed by atoms with Gasteiger partial charge in [0.1, 0.15) is 0 Å². The highest BCUT2D eigenvalue weighted by Gasteiger charge is 2.34. The number of fused-ring (bicyclic) bond motifs is 1. The number of carbonyl (C=O) groups is 1. The normalized spacial score (nSPS) is 22.1. The molecule has 2 N–H and O–H groups in total. The molecule has 3 heterocycles. The molecule has 7 nitrogen and oxygen atoms in total. The Morgan fingerprint density at radius 1 is 1.20 bits per heavy atom. The minimum atomic E-state index is -0.644.